The van der Waals surface area contributed by atoms with E-state index in [4.69, 9.17) is 4.74 Å². The van der Waals surface area contributed by atoms with Crippen LogP contribution >= 0.6 is 0 Å². The first-order valence-electron chi connectivity index (χ1n) is 8.99. The lowest BCUT2D eigenvalue weighted by atomic mass is 10.1. The van der Waals surface area contributed by atoms with Crippen LogP contribution in [0.25, 0.3) is 5.69 Å². The standard InChI is InChI=1S/C22H20N4O2/c1-28-22(27)19-9-7-17(8-10-19)15-25-12-11-23-21(25)13-18-14-24-26(16-18)20-5-3-2-4-6-20/h2-12,14,16H,13,15H2,1H3. The maximum absolute atomic E-state index is 11.6. The van der Waals surface area contributed by atoms with Crippen LogP contribution in [0.3, 0.4) is 0 Å². The summed E-state index contributed by atoms with van der Waals surface area (Å²) < 4.78 is 8.71. The van der Waals surface area contributed by atoms with E-state index in [2.05, 4.69) is 14.6 Å². The number of carbonyl (C=O) groups is 1. The minimum atomic E-state index is -0.328. The zero-order chi connectivity index (χ0) is 19.3. The Morgan fingerprint density at radius 1 is 1.04 bits per heavy atom. The van der Waals surface area contributed by atoms with Crippen molar-refractivity contribution < 1.29 is 9.53 Å². The molecule has 0 aliphatic heterocycles. The molecule has 140 valence electrons. The average Bonchev–Trinajstić information content (AvgIpc) is 3.39. The highest BCUT2D eigenvalue weighted by Gasteiger charge is 2.09. The Balaban J connectivity index is 1.48. The van der Waals surface area contributed by atoms with Gasteiger partial charge >= 0.3 is 5.97 Å². The molecule has 0 spiro atoms. The molecule has 0 aliphatic carbocycles. The molecule has 4 rings (SSSR count). The third kappa shape index (κ3) is 3.86. The second kappa shape index (κ2) is 7.92. The summed E-state index contributed by atoms with van der Waals surface area (Å²) >= 11 is 0. The predicted molar refractivity (Wildman–Crippen MR) is 105 cm³/mol. The Morgan fingerprint density at radius 2 is 1.82 bits per heavy atom. The van der Waals surface area contributed by atoms with Gasteiger partial charge in [0, 0.05) is 31.6 Å². The number of methoxy groups -OCH3 is 1. The van der Waals surface area contributed by atoms with Crippen LogP contribution in [0.2, 0.25) is 0 Å². The van der Waals surface area contributed by atoms with E-state index in [0.717, 1.165) is 22.6 Å². The average molecular weight is 372 g/mol. The molecule has 6 heteroatoms. The minimum Gasteiger partial charge on any atom is -0.465 e. The maximum atomic E-state index is 11.6. The molecule has 0 fully saturated rings. The molecule has 6 nitrogen and oxygen atoms in total. The Labute approximate surface area is 163 Å². The van der Waals surface area contributed by atoms with E-state index in [-0.39, 0.29) is 5.97 Å². The Bertz CT molecular complexity index is 1070. The van der Waals surface area contributed by atoms with E-state index in [9.17, 15) is 4.79 Å². The van der Waals surface area contributed by atoms with Crippen molar-refractivity contribution in [3.8, 4) is 5.69 Å². The van der Waals surface area contributed by atoms with Gasteiger partial charge in [-0.25, -0.2) is 14.5 Å². The molecule has 2 aromatic carbocycles. The van der Waals surface area contributed by atoms with Crippen molar-refractivity contribution in [3.63, 3.8) is 0 Å². The Kier molecular flexibility index (Phi) is 5.01. The van der Waals surface area contributed by atoms with E-state index < -0.39 is 0 Å². The number of esters is 1. The van der Waals surface area contributed by atoms with Crippen molar-refractivity contribution in [2.45, 2.75) is 13.0 Å². The normalized spacial score (nSPS) is 10.8. The largest absolute Gasteiger partial charge is 0.465 e. The summed E-state index contributed by atoms with van der Waals surface area (Å²) in [5.74, 6) is 0.634. The summed E-state index contributed by atoms with van der Waals surface area (Å²) in [5, 5.41) is 4.45. The molecule has 0 aliphatic rings. The highest BCUT2D eigenvalue weighted by atomic mass is 16.5. The number of para-hydroxylation sites is 1. The minimum absolute atomic E-state index is 0.328. The quantitative estimate of drug-likeness (QED) is 0.486. The molecule has 0 unspecified atom stereocenters. The monoisotopic (exact) mass is 372 g/mol. The van der Waals surface area contributed by atoms with E-state index in [0.29, 0.717) is 18.5 Å². The molecule has 0 amide bonds. The zero-order valence-electron chi connectivity index (χ0n) is 15.5. The highest BCUT2D eigenvalue weighted by Crippen LogP contribution is 2.13. The first kappa shape index (κ1) is 17.7. The number of aromatic nitrogens is 4. The second-order valence-corrected chi connectivity index (χ2v) is 6.47. The van der Waals surface area contributed by atoms with Gasteiger partial charge in [0.05, 0.1) is 24.6 Å². The van der Waals surface area contributed by atoms with Crippen molar-refractivity contribution in [1.82, 2.24) is 19.3 Å². The smallest absolute Gasteiger partial charge is 0.337 e. The molecule has 0 N–H and O–H groups in total. The van der Waals surface area contributed by atoms with Crippen LogP contribution in [0.5, 0.6) is 0 Å². The molecule has 0 saturated heterocycles. The van der Waals surface area contributed by atoms with Gasteiger partial charge < -0.3 is 9.30 Å². The molecule has 0 atom stereocenters. The van der Waals surface area contributed by atoms with Crippen LogP contribution in [0.4, 0.5) is 0 Å². The van der Waals surface area contributed by atoms with E-state index >= 15 is 0 Å². The van der Waals surface area contributed by atoms with Gasteiger partial charge in [0.25, 0.3) is 0 Å². The molecule has 0 bridgehead atoms. The number of carbonyl (C=O) groups excluding carboxylic acids is 1. The van der Waals surface area contributed by atoms with Crippen LogP contribution in [0, 0.1) is 0 Å². The molecular weight excluding hydrogens is 352 g/mol. The Hall–Kier alpha value is -3.67. The third-order valence-electron chi connectivity index (χ3n) is 4.55. The van der Waals surface area contributed by atoms with Crippen molar-refractivity contribution in [2.75, 3.05) is 7.11 Å². The number of imidazole rings is 1. The van der Waals surface area contributed by atoms with E-state index in [1.165, 1.54) is 7.11 Å². The van der Waals surface area contributed by atoms with E-state index in [1.807, 2.05) is 65.7 Å². The summed E-state index contributed by atoms with van der Waals surface area (Å²) in [4.78, 5) is 16.1. The molecule has 2 aromatic heterocycles. The third-order valence-corrected chi connectivity index (χ3v) is 4.55. The number of nitrogens with zero attached hydrogens (tertiary/aromatic N) is 4. The zero-order valence-corrected chi connectivity index (χ0v) is 15.5. The summed E-state index contributed by atoms with van der Waals surface area (Å²) in [6.45, 7) is 0.684. The number of ether oxygens (including phenoxy) is 1. The van der Waals surface area contributed by atoms with Gasteiger partial charge in [0.1, 0.15) is 5.82 Å². The van der Waals surface area contributed by atoms with Crippen LogP contribution in [0.15, 0.2) is 79.4 Å². The van der Waals surface area contributed by atoms with Crippen LogP contribution in [0.1, 0.15) is 27.3 Å². The molecule has 0 radical (unpaired) electrons. The lowest BCUT2D eigenvalue weighted by Crippen LogP contribution is -2.06. The number of hydrogen-bond acceptors (Lipinski definition) is 4. The molecule has 2 heterocycles. The topological polar surface area (TPSA) is 61.9 Å². The summed E-state index contributed by atoms with van der Waals surface area (Å²) in [6, 6.07) is 17.5. The number of benzene rings is 2. The first-order valence-corrected chi connectivity index (χ1v) is 8.99. The van der Waals surface area contributed by atoms with Gasteiger partial charge in [-0.2, -0.15) is 5.10 Å². The van der Waals surface area contributed by atoms with Crippen LogP contribution in [-0.2, 0) is 17.7 Å². The maximum Gasteiger partial charge on any atom is 0.337 e. The Morgan fingerprint density at radius 3 is 2.57 bits per heavy atom. The lowest BCUT2D eigenvalue weighted by Gasteiger charge is -2.08. The van der Waals surface area contributed by atoms with Gasteiger partial charge in [0.2, 0.25) is 0 Å². The SMILES string of the molecule is COC(=O)c1ccc(Cn2ccnc2Cc2cnn(-c3ccccc3)c2)cc1. The molecule has 4 aromatic rings. The fourth-order valence-electron chi connectivity index (χ4n) is 3.07. The number of rotatable bonds is 6. The van der Waals surface area contributed by atoms with Crippen LogP contribution < -0.4 is 0 Å². The fraction of sp³-hybridized carbons (Fsp3) is 0.136. The second-order valence-electron chi connectivity index (χ2n) is 6.47. The van der Waals surface area contributed by atoms with Crippen molar-refractivity contribution in [2.24, 2.45) is 0 Å². The predicted octanol–water partition coefficient (Wildman–Crippen LogP) is 3.49. The van der Waals surface area contributed by atoms with Gasteiger partial charge in [0.15, 0.2) is 0 Å². The summed E-state index contributed by atoms with van der Waals surface area (Å²) in [6.07, 6.45) is 8.36. The van der Waals surface area contributed by atoms with Gasteiger partial charge in [-0.05, 0) is 35.4 Å². The first-order chi connectivity index (χ1) is 13.7. The number of hydrogen-bond donors (Lipinski definition) is 0. The van der Waals surface area contributed by atoms with Crippen molar-refractivity contribution >= 4 is 5.97 Å². The van der Waals surface area contributed by atoms with Gasteiger partial charge in [-0.1, -0.05) is 30.3 Å². The molecule has 28 heavy (non-hydrogen) atoms. The fourth-order valence-corrected chi connectivity index (χ4v) is 3.07. The van der Waals surface area contributed by atoms with Crippen molar-refractivity contribution in [1.29, 1.82) is 0 Å². The summed E-state index contributed by atoms with van der Waals surface area (Å²) in [5.41, 5.74) is 3.76. The van der Waals surface area contributed by atoms with Gasteiger partial charge in [-0.15, -0.1) is 0 Å². The lowest BCUT2D eigenvalue weighted by molar-refractivity contribution is 0.0600. The highest BCUT2D eigenvalue weighted by molar-refractivity contribution is 5.89. The van der Waals surface area contributed by atoms with Gasteiger partial charge in [-0.3, -0.25) is 0 Å². The molecule has 0 saturated carbocycles. The van der Waals surface area contributed by atoms with Crippen molar-refractivity contribution in [3.05, 3.63) is 102 Å². The molecular formula is C22H20N4O2. The summed E-state index contributed by atoms with van der Waals surface area (Å²) in [7, 11) is 1.38. The van der Waals surface area contributed by atoms with Crippen LogP contribution in [-0.4, -0.2) is 32.4 Å². The van der Waals surface area contributed by atoms with E-state index in [1.54, 1.807) is 18.3 Å².